The van der Waals surface area contributed by atoms with Crippen LogP contribution in [-0.4, -0.2) is 23.2 Å². The number of hydrogen-bond acceptors (Lipinski definition) is 6. The van der Waals surface area contributed by atoms with Crippen LogP contribution < -0.4 is 10.1 Å². The van der Waals surface area contributed by atoms with E-state index in [1.54, 1.807) is 33.9 Å². The molecule has 1 aromatic carbocycles. The molecular formula is C18H19N3O4. The SMILES string of the molecule is COc1cccc(-c2noc([C@H](C)NC(=O)c3cc(C)oc3C)n2)c1. The maximum Gasteiger partial charge on any atom is 0.255 e. The molecule has 0 radical (unpaired) electrons. The number of furan rings is 1. The van der Waals surface area contributed by atoms with Crippen molar-refractivity contribution in [3.8, 4) is 17.1 Å². The van der Waals surface area contributed by atoms with Gasteiger partial charge in [-0.25, -0.2) is 0 Å². The summed E-state index contributed by atoms with van der Waals surface area (Å²) in [6.07, 6.45) is 0. The highest BCUT2D eigenvalue weighted by atomic mass is 16.5. The van der Waals surface area contributed by atoms with Crippen molar-refractivity contribution in [2.75, 3.05) is 7.11 Å². The molecule has 2 heterocycles. The number of ether oxygens (including phenoxy) is 1. The minimum Gasteiger partial charge on any atom is -0.497 e. The molecule has 0 aliphatic heterocycles. The topological polar surface area (TPSA) is 90.4 Å². The lowest BCUT2D eigenvalue weighted by Crippen LogP contribution is -2.27. The lowest BCUT2D eigenvalue weighted by Gasteiger charge is -2.08. The van der Waals surface area contributed by atoms with E-state index in [4.69, 9.17) is 13.7 Å². The molecule has 0 aliphatic rings. The average Bonchev–Trinajstić information content (AvgIpc) is 3.21. The van der Waals surface area contributed by atoms with Crippen molar-refractivity contribution in [3.05, 3.63) is 53.3 Å². The van der Waals surface area contributed by atoms with E-state index in [2.05, 4.69) is 15.5 Å². The van der Waals surface area contributed by atoms with Gasteiger partial charge in [-0.2, -0.15) is 4.98 Å². The second kappa shape index (κ2) is 6.80. The van der Waals surface area contributed by atoms with E-state index in [-0.39, 0.29) is 5.91 Å². The van der Waals surface area contributed by atoms with Crippen LogP contribution in [0.5, 0.6) is 5.75 Å². The summed E-state index contributed by atoms with van der Waals surface area (Å²) in [6.45, 7) is 5.33. The number of carbonyl (C=O) groups is 1. The maximum atomic E-state index is 12.3. The lowest BCUT2D eigenvalue weighted by atomic mass is 10.2. The number of aryl methyl sites for hydroxylation is 2. The molecule has 2 aromatic heterocycles. The molecule has 1 amide bonds. The quantitative estimate of drug-likeness (QED) is 0.764. The van der Waals surface area contributed by atoms with Crippen molar-refractivity contribution in [2.24, 2.45) is 0 Å². The van der Waals surface area contributed by atoms with Crippen molar-refractivity contribution < 1.29 is 18.5 Å². The van der Waals surface area contributed by atoms with E-state index in [0.29, 0.717) is 34.5 Å². The first-order chi connectivity index (χ1) is 12.0. The summed E-state index contributed by atoms with van der Waals surface area (Å²) in [4.78, 5) is 16.7. The first-order valence-electron chi connectivity index (χ1n) is 7.84. The molecule has 0 unspecified atom stereocenters. The van der Waals surface area contributed by atoms with Crippen LogP contribution in [0.25, 0.3) is 11.4 Å². The molecule has 3 aromatic rings. The van der Waals surface area contributed by atoms with E-state index < -0.39 is 6.04 Å². The monoisotopic (exact) mass is 341 g/mol. The lowest BCUT2D eigenvalue weighted by molar-refractivity contribution is 0.0931. The van der Waals surface area contributed by atoms with Gasteiger partial charge in [0.25, 0.3) is 5.91 Å². The van der Waals surface area contributed by atoms with Gasteiger partial charge in [0.15, 0.2) is 0 Å². The Balaban J connectivity index is 1.75. The van der Waals surface area contributed by atoms with Gasteiger partial charge in [0.2, 0.25) is 11.7 Å². The summed E-state index contributed by atoms with van der Waals surface area (Å²) in [5.41, 5.74) is 1.27. The second-order valence-corrected chi connectivity index (χ2v) is 5.71. The van der Waals surface area contributed by atoms with Crippen LogP contribution in [0.2, 0.25) is 0 Å². The highest BCUT2D eigenvalue weighted by molar-refractivity contribution is 5.95. The van der Waals surface area contributed by atoms with E-state index in [1.165, 1.54) is 0 Å². The van der Waals surface area contributed by atoms with Crippen molar-refractivity contribution in [1.29, 1.82) is 0 Å². The minimum atomic E-state index is -0.436. The molecule has 0 saturated heterocycles. The number of nitrogens with zero attached hydrogens (tertiary/aromatic N) is 2. The van der Waals surface area contributed by atoms with Crippen LogP contribution in [0.4, 0.5) is 0 Å². The summed E-state index contributed by atoms with van der Waals surface area (Å²) in [5, 5.41) is 6.81. The van der Waals surface area contributed by atoms with Crippen LogP contribution >= 0.6 is 0 Å². The van der Waals surface area contributed by atoms with Gasteiger partial charge in [-0.05, 0) is 39.0 Å². The summed E-state index contributed by atoms with van der Waals surface area (Å²) >= 11 is 0. The number of amides is 1. The second-order valence-electron chi connectivity index (χ2n) is 5.71. The molecule has 0 bridgehead atoms. The van der Waals surface area contributed by atoms with Crippen LogP contribution in [0.15, 0.2) is 39.3 Å². The zero-order valence-corrected chi connectivity index (χ0v) is 14.5. The van der Waals surface area contributed by atoms with Crippen molar-refractivity contribution >= 4 is 5.91 Å². The molecule has 25 heavy (non-hydrogen) atoms. The fourth-order valence-electron chi connectivity index (χ4n) is 2.48. The first kappa shape index (κ1) is 16.8. The Kier molecular flexibility index (Phi) is 4.56. The van der Waals surface area contributed by atoms with Crippen LogP contribution in [-0.2, 0) is 0 Å². The number of rotatable bonds is 5. The standard InChI is InChI=1S/C18H19N3O4/c1-10-8-15(12(3)24-10)17(22)19-11(2)18-20-16(21-25-18)13-6-5-7-14(9-13)23-4/h5-9,11H,1-4H3,(H,19,22)/t11-/m0/s1. The van der Waals surface area contributed by atoms with Gasteiger partial charge < -0.3 is 19.0 Å². The molecule has 0 spiro atoms. The largest absolute Gasteiger partial charge is 0.497 e. The molecule has 7 heteroatoms. The summed E-state index contributed by atoms with van der Waals surface area (Å²) in [7, 11) is 1.60. The number of benzene rings is 1. The molecular weight excluding hydrogens is 322 g/mol. The number of methoxy groups -OCH3 is 1. The van der Waals surface area contributed by atoms with Crippen molar-refractivity contribution in [1.82, 2.24) is 15.5 Å². The van der Waals surface area contributed by atoms with E-state index in [1.807, 2.05) is 24.3 Å². The van der Waals surface area contributed by atoms with Crippen LogP contribution in [0.1, 0.15) is 40.7 Å². The molecule has 3 rings (SSSR count). The fraction of sp³-hybridized carbons (Fsp3) is 0.278. The maximum absolute atomic E-state index is 12.3. The predicted octanol–water partition coefficient (Wildman–Crippen LogP) is 3.45. The normalized spacial score (nSPS) is 12.0. The third-order valence-corrected chi connectivity index (χ3v) is 3.77. The van der Waals surface area contributed by atoms with E-state index >= 15 is 0 Å². The van der Waals surface area contributed by atoms with E-state index in [9.17, 15) is 4.79 Å². The molecule has 0 aliphatic carbocycles. The van der Waals surface area contributed by atoms with Gasteiger partial charge in [0.1, 0.15) is 23.3 Å². The van der Waals surface area contributed by atoms with Gasteiger partial charge >= 0.3 is 0 Å². The highest BCUT2D eigenvalue weighted by Gasteiger charge is 2.20. The smallest absolute Gasteiger partial charge is 0.255 e. The Morgan fingerprint density at radius 3 is 2.76 bits per heavy atom. The Morgan fingerprint density at radius 2 is 2.08 bits per heavy atom. The number of carbonyl (C=O) groups excluding carboxylic acids is 1. The Labute approximate surface area is 145 Å². The molecule has 130 valence electrons. The summed E-state index contributed by atoms with van der Waals surface area (Å²) in [5.74, 6) is 2.48. The number of hydrogen-bond donors (Lipinski definition) is 1. The summed E-state index contributed by atoms with van der Waals surface area (Å²) < 4.78 is 15.9. The van der Waals surface area contributed by atoms with Crippen molar-refractivity contribution in [3.63, 3.8) is 0 Å². The average molecular weight is 341 g/mol. The summed E-state index contributed by atoms with van der Waals surface area (Å²) in [6, 6.07) is 8.62. The third kappa shape index (κ3) is 3.55. The molecule has 7 nitrogen and oxygen atoms in total. The Bertz CT molecular complexity index is 897. The molecule has 1 N–H and O–H groups in total. The molecule has 1 atom stereocenters. The third-order valence-electron chi connectivity index (χ3n) is 3.77. The Hall–Kier alpha value is -3.09. The number of nitrogens with one attached hydrogen (secondary N) is 1. The highest BCUT2D eigenvalue weighted by Crippen LogP contribution is 2.23. The zero-order chi connectivity index (χ0) is 18.0. The number of aromatic nitrogens is 2. The molecule has 0 fully saturated rings. The van der Waals surface area contributed by atoms with Gasteiger partial charge in [0, 0.05) is 5.56 Å². The zero-order valence-electron chi connectivity index (χ0n) is 14.5. The Morgan fingerprint density at radius 1 is 1.28 bits per heavy atom. The van der Waals surface area contributed by atoms with Crippen LogP contribution in [0, 0.1) is 13.8 Å². The molecule has 0 saturated carbocycles. The van der Waals surface area contributed by atoms with Crippen molar-refractivity contribution in [2.45, 2.75) is 26.8 Å². The van der Waals surface area contributed by atoms with Gasteiger partial charge in [-0.15, -0.1) is 0 Å². The minimum absolute atomic E-state index is 0.247. The van der Waals surface area contributed by atoms with Gasteiger partial charge in [0.05, 0.1) is 12.7 Å². The van der Waals surface area contributed by atoms with Crippen LogP contribution in [0.3, 0.4) is 0 Å². The van der Waals surface area contributed by atoms with E-state index in [0.717, 1.165) is 5.56 Å². The predicted molar refractivity (Wildman–Crippen MR) is 90.3 cm³/mol. The van der Waals surface area contributed by atoms with Gasteiger partial charge in [-0.1, -0.05) is 17.3 Å². The van der Waals surface area contributed by atoms with Gasteiger partial charge in [-0.3, -0.25) is 4.79 Å². The first-order valence-corrected chi connectivity index (χ1v) is 7.84. The fourth-order valence-corrected chi connectivity index (χ4v) is 2.48.